The lowest BCUT2D eigenvalue weighted by Crippen LogP contribution is -2.60. The molecule has 0 unspecified atom stereocenters. The maximum absolute atomic E-state index is 13.7. The van der Waals surface area contributed by atoms with Crippen molar-refractivity contribution in [3.05, 3.63) is 72.4 Å². The fraction of sp³-hybridized carbons (Fsp3) is 0.333. The Balaban J connectivity index is 1.20. The summed E-state index contributed by atoms with van der Waals surface area (Å²) in [7, 11) is 1.56. The molecule has 7 nitrogen and oxygen atoms in total. The number of benzene rings is 3. The van der Waals surface area contributed by atoms with Crippen molar-refractivity contribution in [1.82, 2.24) is 4.57 Å². The van der Waals surface area contributed by atoms with E-state index in [4.69, 9.17) is 14.6 Å². The minimum Gasteiger partial charge on any atom is -0.495 e. The number of nitrogens with one attached hydrogen (secondary N) is 2. The Labute approximate surface area is 259 Å². The Morgan fingerprint density at radius 1 is 1.07 bits per heavy atom. The molecule has 4 N–H and O–H groups in total. The van der Waals surface area contributed by atoms with Crippen LogP contribution in [0.5, 0.6) is 5.75 Å². The highest BCUT2D eigenvalue weighted by Crippen LogP contribution is 2.41. The fourth-order valence-corrected chi connectivity index (χ4v) is 6.35. The molecule has 0 radical (unpaired) electrons. The van der Waals surface area contributed by atoms with Gasteiger partial charge in [0.15, 0.2) is 0 Å². The van der Waals surface area contributed by atoms with Crippen LogP contribution in [0.4, 0.5) is 35.9 Å². The Morgan fingerprint density at radius 3 is 2.59 bits per heavy atom. The highest BCUT2D eigenvalue weighted by molar-refractivity contribution is 7.97. The first-order valence-electron chi connectivity index (χ1n) is 14.4. The van der Waals surface area contributed by atoms with Crippen molar-refractivity contribution in [2.45, 2.75) is 30.5 Å². The van der Waals surface area contributed by atoms with Crippen molar-refractivity contribution in [3.8, 4) is 17.6 Å². The van der Waals surface area contributed by atoms with Gasteiger partial charge in [0, 0.05) is 52.5 Å². The fourth-order valence-electron chi connectivity index (χ4n) is 6.03. The molecule has 0 saturated carbocycles. The van der Waals surface area contributed by atoms with E-state index in [-0.39, 0.29) is 17.7 Å². The van der Waals surface area contributed by atoms with Crippen LogP contribution in [-0.4, -0.2) is 50.7 Å². The van der Waals surface area contributed by atoms with E-state index in [1.165, 1.54) is 11.0 Å². The molecule has 0 bridgehead atoms. The van der Waals surface area contributed by atoms with E-state index in [0.29, 0.717) is 28.0 Å². The number of anilines is 4. The molecule has 2 saturated heterocycles. The lowest BCUT2D eigenvalue weighted by atomic mass is 9.75. The molecule has 11 heteroatoms. The van der Waals surface area contributed by atoms with Crippen molar-refractivity contribution >= 4 is 45.6 Å². The number of halogens is 3. The van der Waals surface area contributed by atoms with Gasteiger partial charge in [0.25, 0.3) is 0 Å². The maximum atomic E-state index is 13.7. The summed E-state index contributed by atoms with van der Waals surface area (Å²) in [6.07, 6.45) is -2.08. The van der Waals surface area contributed by atoms with Crippen LogP contribution in [-0.2, 0) is 11.3 Å². The first-order valence-corrected chi connectivity index (χ1v) is 15.3. The molecule has 230 valence electrons. The van der Waals surface area contributed by atoms with Gasteiger partial charge >= 0.3 is 6.18 Å². The van der Waals surface area contributed by atoms with Crippen LogP contribution in [0, 0.1) is 17.3 Å². The van der Waals surface area contributed by atoms with Gasteiger partial charge < -0.3 is 29.6 Å². The molecule has 3 heterocycles. The highest BCUT2D eigenvalue weighted by Gasteiger charge is 2.44. The van der Waals surface area contributed by atoms with Gasteiger partial charge in [-0.3, -0.25) is 5.14 Å². The lowest BCUT2D eigenvalue weighted by molar-refractivity contribution is -0.140. The largest absolute Gasteiger partial charge is 0.495 e. The molecule has 44 heavy (non-hydrogen) atoms. The van der Waals surface area contributed by atoms with Gasteiger partial charge in [-0.15, -0.1) is 0 Å². The van der Waals surface area contributed by atoms with E-state index in [9.17, 15) is 13.2 Å². The number of methoxy groups -OCH3 is 1. The number of nitrogens with two attached hydrogens (primary N) is 1. The van der Waals surface area contributed by atoms with Crippen LogP contribution < -0.4 is 25.4 Å². The van der Waals surface area contributed by atoms with Crippen molar-refractivity contribution in [2.24, 2.45) is 10.6 Å². The summed E-state index contributed by atoms with van der Waals surface area (Å²) in [5.41, 5.74) is 4.45. The Bertz CT molecular complexity index is 1680. The Kier molecular flexibility index (Phi) is 8.58. The Morgan fingerprint density at radius 2 is 1.89 bits per heavy atom. The highest BCUT2D eigenvalue weighted by atomic mass is 32.2. The number of aromatic nitrogens is 1. The summed E-state index contributed by atoms with van der Waals surface area (Å²) < 4.78 is 53.3. The smallest absolute Gasteiger partial charge is 0.406 e. The van der Waals surface area contributed by atoms with E-state index >= 15 is 0 Å². The summed E-state index contributed by atoms with van der Waals surface area (Å²) in [5.74, 6) is 6.52. The molecule has 4 aromatic rings. The molecule has 0 atom stereocenters. The molecular weight excluding hydrogens is 587 g/mol. The molecule has 2 aliphatic heterocycles. The zero-order valence-electron chi connectivity index (χ0n) is 24.3. The van der Waals surface area contributed by atoms with Crippen molar-refractivity contribution in [2.75, 3.05) is 55.5 Å². The topological polar surface area (TPSA) is 76.7 Å². The van der Waals surface area contributed by atoms with Crippen molar-refractivity contribution in [3.63, 3.8) is 0 Å². The first kappa shape index (κ1) is 30.1. The number of ether oxygens (including phenoxy) is 2. The predicted octanol–water partition coefficient (Wildman–Crippen LogP) is 7.00. The van der Waals surface area contributed by atoms with Crippen LogP contribution in [0.15, 0.2) is 71.6 Å². The standard InChI is InChI=1S/C33H34F3N5O2S/c1-42-31-18-26(44-37)12-13-29(31)38-15-3-5-25-17-27-28(6-2-7-30(27)41(25)21-33(34,35)36)39-23-8-10-24(11-9-23)40-19-32(20-40)14-4-16-43-22-32/h2,6-13,17-18,38-39H,4,14-16,19-22,37H2,1H3. The predicted molar refractivity (Wildman–Crippen MR) is 171 cm³/mol. The third-order valence-electron chi connectivity index (χ3n) is 8.14. The SMILES string of the molecule is COc1cc(SN)ccc1NCC#Cc1cc2c(Nc3ccc(N4CC5(CCCOC5)C4)cc3)cccc2n1CC(F)(F)F. The molecule has 6 rings (SSSR count). The molecule has 3 aromatic carbocycles. The summed E-state index contributed by atoms with van der Waals surface area (Å²) in [6.45, 7) is 2.76. The van der Waals surface area contributed by atoms with Gasteiger partial charge in [-0.25, -0.2) is 0 Å². The second kappa shape index (κ2) is 12.6. The molecule has 0 aliphatic carbocycles. The van der Waals surface area contributed by atoms with E-state index in [1.807, 2.05) is 30.3 Å². The summed E-state index contributed by atoms with van der Waals surface area (Å²) >= 11 is 1.11. The number of hydrogen-bond acceptors (Lipinski definition) is 7. The lowest BCUT2D eigenvalue weighted by Gasteiger charge is -2.53. The molecule has 1 spiro atoms. The van der Waals surface area contributed by atoms with E-state index in [0.717, 1.165) is 60.9 Å². The van der Waals surface area contributed by atoms with Crippen molar-refractivity contribution in [1.29, 1.82) is 0 Å². The monoisotopic (exact) mass is 621 g/mol. The van der Waals surface area contributed by atoms with E-state index in [2.05, 4.69) is 39.5 Å². The molecule has 2 fully saturated rings. The third-order valence-corrected chi connectivity index (χ3v) is 8.67. The molecule has 0 amide bonds. The number of alkyl halides is 3. The number of hydrogen-bond donors (Lipinski definition) is 3. The average Bonchev–Trinajstić information content (AvgIpc) is 3.35. The number of nitrogens with zero attached hydrogens (tertiary/aromatic N) is 2. The summed E-state index contributed by atoms with van der Waals surface area (Å²) in [4.78, 5) is 3.20. The normalized spacial score (nSPS) is 15.9. The van der Waals surface area contributed by atoms with Crippen molar-refractivity contribution < 1.29 is 22.6 Å². The van der Waals surface area contributed by atoms with Crippen LogP contribution in [0.1, 0.15) is 18.5 Å². The molecule has 2 aliphatic rings. The second-order valence-electron chi connectivity index (χ2n) is 11.3. The van der Waals surface area contributed by atoms with E-state index in [1.54, 1.807) is 31.4 Å². The van der Waals surface area contributed by atoms with E-state index < -0.39 is 12.7 Å². The van der Waals surface area contributed by atoms with Gasteiger partial charge in [-0.2, -0.15) is 13.2 Å². The summed E-state index contributed by atoms with van der Waals surface area (Å²) in [6, 6.07) is 20.7. The Hall–Kier alpha value is -3.98. The quantitative estimate of drug-likeness (QED) is 0.145. The molecular formula is C33H34F3N5O2S. The first-order chi connectivity index (χ1) is 21.3. The van der Waals surface area contributed by atoms with Crippen LogP contribution in [0.25, 0.3) is 10.9 Å². The van der Waals surface area contributed by atoms with Crippen LogP contribution >= 0.6 is 11.9 Å². The summed E-state index contributed by atoms with van der Waals surface area (Å²) in [5, 5.41) is 12.9. The van der Waals surface area contributed by atoms with Gasteiger partial charge in [0.05, 0.1) is 37.2 Å². The average molecular weight is 622 g/mol. The third kappa shape index (κ3) is 6.58. The number of rotatable bonds is 8. The molecule has 1 aromatic heterocycles. The van der Waals surface area contributed by atoms with Gasteiger partial charge in [-0.1, -0.05) is 12.0 Å². The second-order valence-corrected chi connectivity index (χ2v) is 12.0. The van der Waals surface area contributed by atoms with Crippen LogP contribution in [0.3, 0.4) is 0 Å². The minimum atomic E-state index is -4.41. The maximum Gasteiger partial charge on any atom is 0.406 e. The zero-order chi connectivity index (χ0) is 30.7. The van der Waals surface area contributed by atoms with Gasteiger partial charge in [0.1, 0.15) is 12.3 Å². The van der Waals surface area contributed by atoms with Crippen LogP contribution in [0.2, 0.25) is 0 Å². The zero-order valence-corrected chi connectivity index (χ0v) is 25.2. The van der Waals surface area contributed by atoms with Gasteiger partial charge in [-0.05, 0) is 91.4 Å². The number of fused-ring (bicyclic) bond motifs is 1. The minimum absolute atomic E-state index is 0.210. The van der Waals surface area contributed by atoms with Gasteiger partial charge in [0.2, 0.25) is 0 Å².